The number of rotatable bonds is 1. The molecule has 0 aliphatic carbocycles. The normalized spacial score (nSPS) is 11.8. The number of alkyl halides is 3. The molecule has 1 heterocycles. The van der Waals surface area contributed by atoms with Crippen molar-refractivity contribution >= 4 is 6.08 Å². The summed E-state index contributed by atoms with van der Waals surface area (Å²) in [6, 6.07) is 1.60. The van der Waals surface area contributed by atoms with Crippen LogP contribution < -0.4 is 0 Å². The van der Waals surface area contributed by atoms with Gasteiger partial charge in [-0.3, -0.25) is 5.10 Å². The van der Waals surface area contributed by atoms with E-state index in [0.717, 1.165) is 18.3 Å². The van der Waals surface area contributed by atoms with Crippen LogP contribution in [0, 0.1) is 11.3 Å². The maximum absolute atomic E-state index is 12.1. The molecule has 0 aromatic carbocycles. The lowest BCUT2D eigenvalue weighted by Gasteiger charge is -2.02. The number of hydrogen-bond donors (Lipinski definition) is 1. The van der Waals surface area contributed by atoms with Crippen molar-refractivity contribution in [3.8, 4) is 6.07 Å². The van der Waals surface area contributed by atoms with E-state index < -0.39 is 11.9 Å². The molecular formula is C7H4F3N3. The molecule has 0 saturated carbocycles. The Labute approximate surface area is 71.5 Å². The maximum atomic E-state index is 12.1. The third kappa shape index (κ3) is 2.08. The van der Waals surface area contributed by atoms with Crippen molar-refractivity contribution in [2.45, 2.75) is 6.18 Å². The van der Waals surface area contributed by atoms with Crippen molar-refractivity contribution in [1.29, 1.82) is 5.26 Å². The third-order valence-electron chi connectivity index (χ3n) is 1.29. The average Bonchev–Trinajstić information content (AvgIpc) is 2.47. The monoisotopic (exact) mass is 187 g/mol. The van der Waals surface area contributed by atoms with Gasteiger partial charge in [-0.15, -0.1) is 0 Å². The second-order valence-electron chi connectivity index (χ2n) is 2.16. The highest BCUT2D eigenvalue weighted by Crippen LogP contribution is 2.30. The lowest BCUT2D eigenvalue weighted by atomic mass is 10.2. The predicted octanol–water partition coefficient (Wildman–Crippen LogP) is 1.97. The fourth-order valence-corrected chi connectivity index (χ4v) is 0.776. The number of nitrogens with one attached hydrogen (secondary N) is 1. The average molecular weight is 187 g/mol. The summed E-state index contributed by atoms with van der Waals surface area (Å²) in [7, 11) is 0. The highest BCUT2D eigenvalue weighted by Gasteiger charge is 2.34. The van der Waals surface area contributed by atoms with E-state index in [1.165, 1.54) is 0 Å². The fourth-order valence-electron chi connectivity index (χ4n) is 0.776. The van der Waals surface area contributed by atoms with Gasteiger partial charge in [0.2, 0.25) is 0 Å². The molecule has 1 aromatic heterocycles. The van der Waals surface area contributed by atoms with Crippen LogP contribution in [0.1, 0.15) is 11.3 Å². The van der Waals surface area contributed by atoms with Gasteiger partial charge in [-0.2, -0.15) is 23.5 Å². The zero-order valence-electron chi connectivity index (χ0n) is 6.26. The van der Waals surface area contributed by atoms with Crippen molar-refractivity contribution in [3.63, 3.8) is 0 Å². The number of aromatic amines is 1. The molecule has 0 unspecified atom stereocenters. The first kappa shape index (κ1) is 9.32. The van der Waals surface area contributed by atoms with Crippen LogP contribution in [0.25, 0.3) is 6.08 Å². The summed E-state index contributed by atoms with van der Waals surface area (Å²) >= 11 is 0. The van der Waals surface area contributed by atoms with Gasteiger partial charge in [0.05, 0.1) is 12.3 Å². The Balaban J connectivity index is 3.05. The third-order valence-corrected chi connectivity index (χ3v) is 1.29. The predicted molar refractivity (Wildman–Crippen MR) is 38.2 cm³/mol. The first-order chi connectivity index (χ1) is 6.05. The molecule has 1 aromatic rings. The smallest absolute Gasteiger partial charge is 0.273 e. The van der Waals surface area contributed by atoms with Crippen LogP contribution in [-0.4, -0.2) is 10.2 Å². The van der Waals surface area contributed by atoms with E-state index in [1.807, 2.05) is 5.10 Å². The Bertz CT molecular complexity index is 356. The van der Waals surface area contributed by atoms with Gasteiger partial charge in [0, 0.05) is 11.6 Å². The molecule has 0 aliphatic rings. The number of H-pyrrole nitrogens is 1. The topological polar surface area (TPSA) is 52.5 Å². The van der Waals surface area contributed by atoms with Gasteiger partial charge >= 0.3 is 6.18 Å². The number of nitriles is 1. The van der Waals surface area contributed by atoms with Crippen LogP contribution in [0.15, 0.2) is 12.3 Å². The molecule has 0 aliphatic heterocycles. The standard InChI is InChI=1S/C7H4F3N3/c8-7(9,10)6-5(2-1-3-11)4-12-13-6/h1-2,4H,(H,12,13). The van der Waals surface area contributed by atoms with Crippen molar-refractivity contribution < 1.29 is 13.2 Å². The van der Waals surface area contributed by atoms with Crippen molar-refractivity contribution in [3.05, 3.63) is 23.5 Å². The highest BCUT2D eigenvalue weighted by atomic mass is 19.4. The summed E-state index contributed by atoms with van der Waals surface area (Å²) < 4.78 is 36.4. The van der Waals surface area contributed by atoms with E-state index in [4.69, 9.17) is 5.26 Å². The Kier molecular flexibility index (Phi) is 2.37. The Morgan fingerprint density at radius 2 is 2.23 bits per heavy atom. The molecule has 0 saturated heterocycles. The summed E-state index contributed by atoms with van der Waals surface area (Å²) in [5.41, 5.74) is -1.09. The molecule has 0 radical (unpaired) electrons. The summed E-state index contributed by atoms with van der Waals surface area (Å²) in [4.78, 5) is 0. The zero-order chi connectivity index (χ0) is 9.90. The zero-order valence-corrected chi connectivity index (χ0v) is 6.26. The van der Waals surface area contributed by atoms with Crippen molar-refractivity contribution in [2.24, 2.45) is 0 Å². The summed E-state index contributed by atoms with van der Waals surface area (Å²) in [5.74, 6) is 0. The number of nitrogens with zero attached hydrogens (tertiary/aromatic N) is 2. The molecule has 0 amide bonds. The molecule has 0 spiro atoms. The van der Waals surface area contributed by atoms with Gasteiger partial charge in [-0.25, -0.2) is 0 Å². The number of halogens is 3. The van der Waals surface area contributed by atoms with E-state index in [9.17, 15) is 13.2 Å². The largest absolute Gasteiger partial charge is 0.433 e. The van der Waals surface area contributed by atoms with Gasteiger partial charge in [0.15, 0.2) is 0 Å². The minimum atomic E-state index is -4.47. The molecule has 1 N–H and O–H groups in total. The molecule has 13 heavy (non-hydrogen) atoms. The Hall–Kier alpha value is -1.77. The van der Waals surface area contributed by atoms with E-state index in [1.54, 1.807) is 6.07 Å². The van der Waals surface area contributed by atoms with E-state index in [-0.39, 0.29) is 5.56 Å². The number of aromatic nitrogens is 2. The van der Waals surface area contributed by atoms with Crippen LogP contribution in [0.2, 0.25) is 0 Å². The minimum absolute atomic E-state index is 0.144. The molecule has 68 valence electrons. The molecular weight excluding hydrogens is 183 g/mol. The van der Waals surface area contributed by atoms with Gasteiger partial charge in [-0.1, -0.05) is 0 Å². The SMILES string of the molecule is N#CC=Cc1cn[nH]c1C(F)(F)F. The Morgan fingerprint density at radius 1 is 1.54 bits per heavy atom. The number of allylic oxidation sites excluding steroid dienone is 1. The molecule has 0 atom stereocenters. The van der Waals surface area contributed by atoms with Crippen LogP contribution in [-0.2, 0) is 6.18 Å². The van der Waals surface area contributed by atoms with Crippen LogP contribution in [0.4, 0.5) is 13.2 Å². The molecule has 0 bridgehead atoms. The van der Waals surface area contributed by atoms with Gasteiger partial charge < -0.3 is 0 Å². The molecule has 0 fully saturated rings. The fraction of sp³-hybridized carbons (Fsp3) is 0.143. The lowest BCUT2D eigenvalue weighted by molar-refractivity contribution is -0.141. The minimum Gasteiger partial charge on any atom is -0.273 e. The van der Waals surface area contributed by atoms with Gasteiger partial charge in [0.1, 0.15) is 5.69 Å². The molecule has 6 heteroatoms. The van der Waals surface area contributed by atoms with Crippen LogP contribution in [0.5, 0.6) is 0 Å². The van der Waals surface area contributed by atoms with Crippen LogP contribution >= 0.6 is 0 Å². The van der Waals surface area contributed by atoms with Crippen molar-refractivity contribution in [1.82, 2.24) is 10.2 Å². The van der Waals surface area contributed by atoms with E-state index >= 15 is 0 Å². The molecule has 3 nitrogen and oxygen atoms in total. The quantitative estimate of drug-likeness (QED) is 0.683. The van der Waals surface area contributed by atoms with E-state index in [0.29, 0.717) is 0 Å². The van der Waals surface area contributed by atoms with Crippen LogP contribution in [0.3, 0.4) is 0 Å². The number of hydrogen-bond acceptors (Lipinski definition) is 2. The first-order valence-electron chi connectivity index (χ1n) is 3.22. The second kappa shape index (κ2) is 3.31. The molecule has 1 rings (SSSR count). The highest BCUT2D eigenvalue weighted by molar-refractivity contribution is 5.53. The Morgan fingerprint density at radius 3 is 2.77 bits per heavy atom. The van der Waals surface area contributed by atoms with Gasteiger partial charge in [-0.05, 0) is 6.08 Å². The summed E-state index contributed by atoms with van der Waals surface area (Å²) in [6.45, 7) is 0. The summed E-state index contributed by atoms with van der Waals surface area (Å²) in [5, 5.41) is 13.2. The summed E-state index contributed by atoms with van der Waals surface area (Å²) in [6.07, 6.45) is -1.45. The maximum Gasteiger partial charge on any atom is 0.433 e. The van der Waals surface area contributed by atoms with Gasteiger partial charge in [0.25, 0.3) is 0 Å². The van der Waals surface area contributed by atoms with Crippen molar-refractivity contribution in [2.75, 3.05) is 0 Å². The lowest BCUT2D eigenvalue weighted by Crippen LogP contribution is -2.07. The first-order valence-corrected chi connectivity index (χ1v) is 3.22. The van der Waals surface area contributed by atoms with E-state index in [2.05, 4.69) is 5.10 Å². The second-order valence-corrected chi connectivity index (χ2v) is 2.16.